The Kier molecular flexibility index (Phi) is 4.47. The Morgan fingerprint density at radius 3 is 2.62 bits per heavy atom. The maximum absolute atomic E-state index is 13.0. The van der Waals surface area contributed by atoms with Crippen LogP contribution in [0.5, 0.6) is 0 Å². The van der Waals surface area contributed by atoms with E-state index >= 15 is 0 Å². The van der Waals surface area contributed by atoms with Gasteiger partial charge in [-0.05, 0) is 54.1 Å². The van der Waals surface area contributed by atoms with Crippen molar-refractivity contribution in [1.29, 1.82) is 0 Å². The molecule has 1 atom stereocenters. The van der Waals surface area contributed by atoms with Crippen molar-refractivity contribution in [2.24, 2.45) is 5.92 Å². The predicted octanol–water partition coefficient (Wildman–Crippen LogP) is 3.12. The number of amides is 1. The molecule has 0 spiro atoms. The lowest BCUT2D eigenvalue weighted by Gasteiger charge is -2.34. The number of thiophene rings is 1. The summed E-state index contributed by atoms with van der Waals surface area (Å²) in [6.45, 7) is 2.62. The summed E-state index contributed by atoms with van der Waals surface area (Å²) in [5.41, 5.74) is 1.31. The number of rotatable bonds is 3. The van der Waals surface area contributed by atoms with E-state index in [1.165, 1.54) is 5.56 Å². The van der Waals surface area contributed by atoms with E-state index in [0.29, 0.717) is 11.9 Å². The number of piperidine rings is 1. The van der Waals surface area contributed by atoms with E-state index in [9.17, 15) is 4.79 Å². The summed E-state index contributed by atoms with van der Waals surface area (Å²) < 4.78 is 0. The highest BCUT2D eigenvalue weighted by atomic mass is 32.1. The standard InChI is InChI=1S/C18H22N4OS/c23-17(22-9-1-3-16(22)15-6-12-24-13-15)14-4-10-21(11-5-14)18-19-7-2-8-20-18/h2,6-8,12-14,16H,1,3-5,9-11H2/t16-/m1/s1. The van der Waals surface area contributed by atoms with Crippen molar-refractivity contribution < 1.29 is 4.79 Å². The highest BCUT2D eigenvalue weighted by Gasteiger charge is 2.35. The molecule has 0 N–H and O–H groups in total. The topological polar surface area (TPSA) is 49.3 Å². The molecule has 2 saturated heterocycles. The van der Waals surface area contributed by atoms with Crippen LogP contribution in [-0.2, 0) is 4.79 Å². The third-order valence-electron chi connectivity index (χ3n) is 5.14. The van der Waals surface area contributed by atoms with E-state index in [1.54, 1.807) is 23.7 Å². The van der Waals surface area contributed by atoms with Gasteiger partial charge in [0, 0.05) is 37.9 Å². The molecule has 2 fully saturated rings. The van der Waals surface area contributed by atoms with Crippen LogP contribution < -0.4 is 4.90 Å². The maximum Gasteiger partial charge on any atom is 0.226 e. The average Bonchev–Trinajstić information content (AvgIpc) is 3.33. The second-order valence-corrected chi connectivity index (χ2v) is 7.34. The van der Waals surface area contributed by atoms with E-state index in [0.717, 1.165) is 51.3 Å². The molecule has 24 heavy (non-hydrogen) atoms. The van der Waals surface area contributed by atoms with Gasteiger partial charge in [0.1, 0.15) is 0 Å². The van der Waals surface area contributed by atoms with Gasteiger partial charge in [0.2, 0.25) is 11.9 Å². The lowest BCUT2D eigenvalue weighted by Crippen LogP contribution is -2.42. The van der Waals surface area contributed by atoms with Gasteiger partial charge < -0.3 is 9.80 Å². The fraction of sp³-hybridized carbons (Fsp3) is 0.500. The van der Waals surface area contributed by atoms with Gasteiger partial charge in [-0.1, -0.05) is 0 Å². The van der Waals surface area contributed by atoms with Gasteiger partial charge in [-0.3, -0.25) is 4.79 Å². The molecule has 4 rings (SSSR count). The summed E-state index contributed by atoms with van der Waals surface area (Å²) in [5.74, 6) is 1.27. The molecule has 4 heterocycles. The first-order valence-corrected chi connectivity index (χ1v) is 9.62. The smallest absolute Gasteiger partial charge is 0.226 e. The lowest BCUT2D eigenvalue weighted by atomic mass is 9.94. The second-order valence-electron chi connectivity index (χ2n) is 6.56. The van der Waals surface area contributed by atoms with Crippen molar-refractivity contribution in [3.8, 4) is 0 Å². The Hall–Kier alpha value is -1.95. The molecule has 2 aliphatic heterocycles. The van der Waals surface area contributed by atoms with Crippen LogP contribution in [-0.4, -0.2) is 40.4 Å². The number of carbonyl (C=O) groups excluding carboxylic acids is 1. The van der Waals surface area contributed by atoms with Crippen LogP contribution in [0.2, 0.25) is 0 Å². The first kappa shape index (κ1) is 15.6. The highest BCUT2D eigenvalue weighted by molar-refractivity contribution is 7.07. The third kappa shape index (κ3) is 3.02. The van der Waals surface area contributed by atoms with Crippen molar-refractivity contribution >= 4 is 23.2 Å². The zero-order valence-electron chi connectivity index (χ0n) is 13.7. The van der Waals surface area contributed by atoms with Gasteiger partial charge in [-0.2, -0.15) is 11.3 Å². The minimum absolute atomic E-state index is 0.143. The van der Waals surface area contributed by atoms with Crippen molar-refractivity contribution in [3.05, 3.63) is 40.8 Å². The van der Waals surface area contributed by atoms with E-state index in [-0.39, 0.29) is 5.92 Å². The molecule has 0 bridgehead atoms. The van der Waals surface area contributed by atoms with Crippen molar-refractivity contribution in [1.82, 2.24) is 14.9 Å². The van der Waals surface area contributed by atoms with E-state index in [4.69, 9.17) is 0 Å². The van der Waals surface area contributed by atoms with Crippen LogP contribution in [0.3, 0.4) is 0 Å². The molecule has 0 aromatic carbocycles. The van der Waals surface area contributed by atoms with Crippen LogP contribution in [0.25, 0.3) is 0 Å². The SMILES string of the molecule is O=C(C1CCN(c2ncccn2)CC1)N1CCC[C@@H]1c1ccsc1. The first-order valence-electron chi connectivity index (χ1n) is 8.67. The molecular formula is C18H22N4OS. The Labute approximate surface area is 146 Å². The molecule has 0 unspecified atom stereocenters. The molecule has 0 saturated carbocycles. The Morgan fingerprint density at radius 2 is 1.92 bits per heavy atom. The number of likely N-dealkylation sites (tertiary alicyclic amines) is 1. The summed E-state index contributed by atoms with van der Waals surface area (Å²) >= 11 is 1.72. The lowest BCUT2D eigenvalue weighted by molar-refractivity contribution is -0.137. The summed E-state index contributed by atoms with van der Waals surface area (Å²) in [4.78, 5) is 26.0. The Bertz CT molecular complexity index is 668. The minimum Gasteiger partial charge on any atom is -0.341 e. The molecule has 2 aliphatic rings. The van der Waals surface area contributed by atoms with Crippen LogP contribution in [0.4, 0.5) is 5.95 Å². The fourth-order valence-electron chi connectivity index (χ4n) is 3.86. The van der Waals surface area contributed by atoms with Crippen LogP contribution in [0, 0.1) is 5.92 Å². The second kappa shape index (κ2) is 6.89. The number of carbonyl (C=O) groups is 1. The number of hydrogen-bond donors (Lipinski definition) is 0. The molecule has 126 valence electrons. The van der Waals surface area contributed by atoms with Gasteiger partial charge in [0.15, 0.2) is 0 Å². The number of hydrogen-bond acceptors (Lipinski definition) is 5. The number of aromatic nitrogens is 2. The van der Waals surface area contributed by atoms with Crippen molar-refractivity contribution in [3.63, 3.8) is 0 Å². The van der Waals surface area contributed by atoms with Crippen molar-refractivity contribution in [2.45, 2.75) is 31.7 Å². The predicted molar refractivity (Wildman–Crippen MR) is 95.0 cm³/mol. The van der Waals surface area contributed by atoms with Gasteiger partial charge in [0.25, 0.3) is 0 Å². The largest absolute Gasteiger partial charge is 0.341 e. The molecular weight excluding hydrogens is 320 g/mol. The van der Waals surface area contributed by atoms with Crippen LogP contribution in [0.15, 0.2) is 35.3 Å². The molecule has 5 nitrogen and oxygen atoms in total. The molecule has 1 amide bonds. The zero-order valence-corrected chi connectivity index (χ0v) is 14.5. The van der Waals surface area contributed by atoms with Gasteiger partial charge in [0.05, 0.1) is 6.04 Å². The van der Waals surface area contributed by atoms with Gasteiger partial charge in [-0.25, -0.2) is 9.97 Å². The molecule has 6 heteroatoms. The zero-order chi connectivity index (χ0) is 16.4. The summed E-state index contributed by atoms with van der Waals surface area (Å²) in [7, 11) is 0. The summed E-state index contributed by atoms with van der Waals surface area (Å²) in [6, 6.07) is 4.29. The number of anilines is 1. The van der Waals surface area contributed by atoms with E-state index < -0.39 is 0 Å². The monoisotopic (exact) mass is 342 g/mol. The van der Waals surface area contributed by atoms with E-state index in [1.807, 2.05) is 6.07 Å². The maximum atomic E-state index is 13.0. The van der Waals surface area contributed by atoms with Crippen LogP contribution >= 0.6 is 11.3 Å². The average molecular weight is 342 g/mol. The fourth-order valence-corrected chi connectivity index (χ4v) is 4.56. The quantitative estimate of drug-likeness (QED) is 0.860. The number of nitrogens with zero attached hydrogens (tertiary/aromatic N) is 4. The van der Waals surface area contributed by atoms with Crippen LogP contribution in [0.1, 0.15) is 37.3 Å². The normalized spacial score (nSPS) is 22.1. The minimum atomic E-state index is 0.143. The van der Waals surface area contributed by atoms with E-state index in [2.05, 4.69) is 36.6 Å². The molecule has 2 aromatic rings. The molecule has 0 radical (unpaired) electrons. The Balaban J connectivity index is 1.39. The Morgan fingerprint density at radius 1 is 1.12 bits per heavy atom. The molecule has 2 aromatic heterocycles. The van der Waals surface area contributed by atoms with Gasteiger partial charge >= 0.3 is 0 Å². The molecule has 0 aliphatic carbocycles. The highest BCUT2D eigenvalue weighted by Crippen LogP contribution is 2.35. The van der Waals surface area contributed by atoms with Gasteiger partial charge in [-0.15, -0.1) is 0 Å². The summed E-state index contributed by atoms with van der Waals surface area (Å²) in [6.07, 6.45) is 7.54. The first-order chi connectivity index (χ1) is 11.8. The summed E-state index contributed by atoms with van der Waals surface area (Å²) in [5, 5.41) is 4.29. The van der Waals surface area contributed by atoms with Crippen molar-refractivity contribution in [2.75, 3.05) is 24.5 Å². The third-order valence-corrected chi connectivity index (χ3v) is 5.84.